The van der Waals surface area contributed by atoms with E-state index in [9.17, 15) is 4.79 Å². The number of nitrogens with zero attached hydrogens (tertiary/aromatic N) is 1. The molecule has 0 fully saturated rings. The maximum Gasteiger partial charge on any atom is 0.249 e. The van der Waals surface area contributed by atoms with Gasteiger partial charge in [-0.05, 0) is 25.5 Å². The van der Waals surface area contributed by atoms with E-state index in [1.54, 1.807) is 12.3 Å². The maximum absolute atomic E-state index is 11.1. The highest BCUT2D eigenvalue weighted by molar-refractivity contribution is 5.94. The quantitative estimate of drug-likeness (QED) is 0.736. The Bertz CT molecular complexity index is 350. The zero-order valence-electron chi connectivity index (χ0n) is 9.12. The number of rotatable bonds is 5. The molecule has 0 aromatic carbocycles. The molecular weight excluding hydrogens is 192 g/mol. The average molecular weight is 208 g/mol. The number of primary amides is 1. The molecule has 0 radical (unpaired) electrons. The summed E-state index contributed by atoms with van der Waals surface area (Å²) in [4.78, 5) is 15.3. The molecule has 1 aromatic rings. The van der Waals surface area contributed by atoms with Crippen molar-refractivity contribution in [3.05, 3.63) is 29.1 Å². The highest BCUT2D eigenvalue weighted by Gasteiger charge is 2.08. The van der Waals surface area contributed by atoms with Gasteiger partial charge in [-0.3, -0.25) is 9.78 Å². The molecule has 4 nitrogen and oxygen atoms in total. The highest BCUT2D eigenvalue weighted by Crippen LogP contribution is 2.11. The maximum atomic E-state index is 11.1. The van der Waals surface area contributed by atoms with Gasteiger partial charge in [0, 0.05) is 30.5 Å². The number of aromatic nitrogens is 1. The molecule has 0 unspecified atom stereocenters. The van der Waals surface area contributed by atoms with Crippen LogP contribution in [0.5, 0.6) is 0 Å². The number of amides is 1. The lowest BCUT2D eigenvalue weighted by molar-refractivity contribution is 0.0999. The van der Waals surface area contributed by atoms with E-state index in [0.717, 1.165) is 11.3 Å². The first kappa shape index (κ1) is 11.7. The molecule has 0 aliphatic carbocycles. The SMILES string of the molecule is CCOCCc1nccc(C(N)=O)c1C. The molecule has 0 aliphatic heterocycles. The van der Waals surface area contributed by atoms with E-state index in [1.807, 2.05) is 13.8 Å². The number of pyridine rings is 1. The summed E-state index contributed by atoms with van der Waals surface area (Å²) in [7, 11) is 0. The first-order valence-electron chi connectivity index (χ1n) is 4.98. The van der Waals surface area contributed by atoms with Crippen molar-refractivity contribution in [2.24, 2.45) is 5.73 Å². The third-order valence-corrected chi connectivity index (χ3v) is 2.26. The van der Waals surface area contributed by atoms with Crippen LogP contribution in [0.4, 0.5) is 0 Å². The molecule has 1 amide bonds. The Kier molecular flexibility index (Phi) is 4.24. The number of nitrogens with two attached hydrogens (primary N) is 1. The lowest BCUT2D eigenvalue weighted by Gasteiger charge is -2.07. The molecule has 0 spiro atoms. The number of hydrogen-bond acceptors (Lipinski definition) is 3. The van der Waals surface area contributed by atoms with Crippen LogP contribution in [0.25, 0.3) is 0 Å². The molecule has 0 atom stereocenters. The molecule has 2 N–H and O–H groups in total. The van der Waals surface area contributed by atoms with Crippen LogP contribution in [-0.2, 0) is 11.2 Å². The molecule has 1 rings (SSSR count). The lowest BCUT2D eigenvalue weighted by atomic mass is 10.1. The topological polar surface area (TPSA) is 65.2 Å². The molecule has 15 heavy (non-hydrogen) atoms. The van der Waals surface area contributed by atoms with Crippen LogP contribution >= 0.6 is 0 Å². The molecular formula is C11H16N2O2. The van der Waals surface area contributed by atoms with Gasteiger partial charge in [-0.15, -0.1) is 0 Å². The third kappa shape index (κ3) is 3.02. The Hall–Kier alpha value is -1.42. The number of ether oxygens (including phenoxy) is 1. The van der Waals surface area contributed by atoms with Crippen LogP contribution in [-0.4, -0.2) is 24.1 Å². The predicted octanol–water partition coefficient (Wildman–Crippen LogP) is 1.07. The summed E-state index contributed by atoms with van der Waals surface area (Å²) in [5.41, 5.74) is 7.51. The Morgan fingerprint density at radius 3 is 2.93 bits per heavy atom. The second-order valence-electron chi connectivity index (χ2n) is 3.24. The van der Waals surface area contributed by atoms with Gasteiger partial charge >= 0.3 is 0 Å². The minimum atomic E-state index is -0.410. The van der Waals surface area contributed by atoms with Crippen molar-refractivity contribution < 1.29 is 9.53 Å². The van der Waals surface area contributed by atoms with Crippen molar-refractivity contribution >= 4 is 5.91 Å². The summed E-state index contributed by atoms with van der Waals surface area (Å²) in [5.74, 6) is -0.410. The fourth-order valence-corrected chi connectivity index (χ4v) is 1.41. The van der Waals surface area contributed by atoms with Crippen LogP contribution < -0.4 is 5.73 Å². The molecule has 0 bridgehead atoms. The van der Waals surface area contributed by atoms with Gasteiger partial charge in [-0.25, -0.2) is 0 Å². The Labute approximate surface area is 89.5 Å². The van der Waals surface area contributed by atoms with Crippen molar-refractivity contribution in [2.75, 3.05) is 13.2 Å². The summed E-state index contributed by atoms with van der Waals surface area (Å²) >= 11 is 0. The van der Waals surface area contributed by atoms with E-state index in [-0.39, 0.29) is 0 Å². The second-order valence-corrected chi connectivity index (χ2v) is 3.24. The van der Waals surface area contributed by atoms with Crippen molar-refractivity contribution in [3.8, 4) is 0 Å². The van der Waals surface area contributed by atoms with Gasteiger partial charge in [-0.2, -0.15) is 0 Å². The Morgan fingerprint density at radius 1 is 1.60 bits per heavy atom. The largest absolute Gasteiger partial charge is 0.381 e. The molecule has 0 aliphatic rings. The predicted molar refractivity (Wildman–Crippen MR) is 57.7 cm³/mol. The van der Waals surface area contributed by atoms with Crippen LogP contribution in [0.15, 0.2) is 12.3 Å². The van der Waals surface area contributed by atoms with Gasteiger partial charge in [0.05, 0.1) is 6.61 Å². The van der Waals surface area contributed by atoms with Gasteiger partial charge in [0.2, 0.25) is 5.91 Å². The summed E-state index contributed by atoms with van der Waals surface area (Å²) in [6, 6.07) is 1.64. The van der Waals surface area contributed by atoms with Crippen LogP contribution in [0, 0.1) is 6.92 Å². The van der Waals surface area contributed by atoms with E-state index in [1.165, 1.54) is 0 Å². The first-order valence-corrected chi connectivity index (χ1v) is 4.98. The summed E-state index contributed by atoms with van der Waals surface area (Å²) < 4.78 is 5.24. The van der Waals surface area contributed by atoms with Gasteiger partial charge in [0.15, 0.2) is 0 Å². The zero-order chi connectivity index (χ0) is 11.3. The zero-order valence-corrected chi connectivity index (χ0v) is 9.12. The van der Waals surface area contributed by atoms with Crippen LogP contribution in [0.2, 0.25) is 0 Å². The smallest absolute Gasteiger partial charge is 0.249 e. The minimum Gasteiger partial charge on any atom is -0.381 e. The monoisotopic (exact) mass is 208 g/mol. The summed E-state index contributed by atoms with van der Waals surface area (Å²) in [6.45, 7) is 5.11. The third-order valence-electron chi connectivity index (χ3n) is 2.26. The van der Waals surface area contributed by atoms with Gasteiger partial charge in [0.25, 0.3) is 0 Å². The standard InChI is InChI=1S/C11H16N2O2/c1-3-15-7-5-10-8(2)9(11(12)14)4-6-13-10/h4,6H,3,5,7H2,1-2H3,(H2,12,14). The van der Waals surface area contributed by atoms with Crippen molar-refractivity contribution in [1.29, 1.82) is 0 Å². The number of hydrogen-bond donors (Lipinski definition) is 1. The van der Waals surface area contributed by atoms with Crippen molar-refractivity contribution in [3.63, 3.8) is 0 Å². The normalized spacial score (nSPS) is 10.3. The Balaban J connectivity index is 2.80. The van der Waals surface area contributed by atoms with Gasteiger partial charge < -0.3 is 10.5 Å². The van der Waals surface area contributed by atoms with Crippen molar-refractivity contribution in [1.82, 2.24) is 4.98 Å². The lowest BCUT2D eigenvalue weighted by Crippen LogP contribution is -2.15. The molecule has 0 saturated heterocycles. The first-order chi connectivity index (χ1) is 7.16. The van der Waals surface area contributed by atoms with Crippen LogP contribution in [0.3, 0.4) is 0 Å². The number of carbonyl (C=O) groups excluding carboxylic acids is 1. The average Bonchev–Trinajstić information content (AvgIpc) is 2.20. The highest BCUT2D eigenvalue weighted by atomic mass is 16.5. The van der Waals surface area contributed by atoms with E-state index in [0.29, 0.717) is 25.2 Å². The van der Waals surface area contributed by atoms with E-state index >= 15 is 0 Å². The molecule has 0 saturated carbocycles. The van der Waals surface area contributed by atoms with Crippen LogP contribution in [0.1, 0.15) is 28.5 Å². The molecule has 4 heteroatoms. The minimum absolute atomic E-state index is 0.410. The van der Waals surface area contributed by atoms with Gasteiger partial charge in [0.1, 0.15) is 0 Å². The van der Waals surface area contributed by atoms with Gasteiger partial charge in [-0.1, -0.05) is 0 Å². The fraction of sp³-hybridized carbons (Fsp3) is 0.455. The Morgan fingerprint density at radius 2 is 2.33 bits per heavy atom. The second kappa shape index (κ2) is 5.46. The molecule has 1 heterocycles. The molecule has 1 aromatic heterocycles. The summed E-state index contributed by atoms with van der Waals surface area (Å²) in [6.07, 6.45) is 2.31. The van der Waals surface area contributed by atoms with E-state index in [4.69, 9.17) is 10.5 Å². The summed E-state index contributed by atoms with van der Waals surface area (Å²) in [5, 5.41) is 0. The van der Waals surface area contributed by atoms with E-state index in [2.05, 4.69) is 4.98 Å². The number of carbonyl (C=O) groups is 1. The van der Waals surface area contributed by atoms with E-state index < -0.39 is 5.91 Å². The molecule has 82 valence electrons. The fourth-order valence-electron chi connectivity index (χ4n) is 1.41. The van der Waals surface area contributed by atoms with Crippen molar-refractivity contribution in [2.45, 2.75) is 20.3 Å².